The summed E-state index contributed by atoms with van der Waals surface area (Å²) in [6, 6.07) is 8.71. The van der Waals surface area contributed by atoms with Gasteiger partial charge in [0.2, 0.25) is 0 Å². The molecule has 0 radical (unpaired) electrons. The molecule has 0 saturated heterocycles. The van der Waals surface area contributed by atoms with Crippen LogP contribution in [0.25, 0.3) is 10.8 Å². The predicted octanol–water partition coefficient (Wildman–Crippen LogP) is 2.49. The first-order valence-corrected chi connectivity index (χ1v) is 5.44. The summed E-state index contributed by atoms with van der Waals surface area (Å²) in [5.41, 5.74) is 13.1. The number of carbonyl (C=O) groups is 1. The molecule has 18 heavy (non-hydrogen) atoms. The number of anilines is 2. The lowest BCUT2D eigenvalue weighted by molar-refractivity contribution is -0.130. The standard InChI is InChI=1S/C14H14N2O2/c1-8(2)14(17)18-11-4-3-9-5-10(15)6-13(16)12(9)7-11/h3-7H,1,15-16H2,2H3. The molecular formula is C14H14N2O2. The van der Waals surface area contributed by atoms with Crippen molar-refractivity contribution < 1.29 is 9.53 Å². The van der Waals surface area contributed by atoms with E-state index >= 15 is 0 Å². The molecule has 0 unspecified atom stereocenters. The van der Waals surface area contributed by atoms with Crippen LogP contribution >= 0.6 is 0 Å². The second-order valence-electron chi connectivity index (χ2n) is 4.16. The van der Waals surface area contributed by atoms with E-state index in [0.29, 0.717) is 22.7 Å². The van der Waals surface area contributed by atoms with E-state index in [2.05, 4.69) is 6.58 Å². The highest BCUT2D eigenvalue weighted by Gasteiger charge is 2.07. The Hall–Kier alpha value is -2.49. The molecule has 2 aromatic rings. The van der Waals surface area contributed by atoms with Crippen LogP contribution in [-0.4, -0.2) is 5.97 Å². The van der Waals surface area contributed by atoms with Gasteiger partial charge in [0.25, 0.3) is 0 Å². The molecule has 4 N–H and O–H groups in total. The molecule has 0 aliphatic rings. The first-order chi connectivity index (χ1) is 8.47. The largest absolute Gasteiger partial charge is 0.423 e. The molecule has 2 rings (SSSR count). The quantitative estimate of drug-likeness (QED) is 0.367. The van der Waals surface area contributed by atoms with Crippen LogP contribution in [0.15, 0.2) is 42.5 Å². The number of nitrogen functional groups attached to an aromatic ring is 2. The Balaban J connectivity index is 2.44. The molecule has 0 atom stereocenters. The zero-order valence-electron chi connectivity index (χ0n) is 10.1. The molecule has 92 valence electrons. The molecule has 4 heteroatoms. The molecule has 0 amide bonds. The van der Waals surface area contributed by atoms with Crippen molar-refractivity contribution >= 4 is 28.1 Å². The molecule has 0 aromatic heterocycles. The smallest absolute Gasteiger partial charge is 0.338 e. The van der Waals surface area contributed by atoms with Crippen molar-refractivity contribution in [1.82, 2.24) is 0 Å². The summed E-state index contributed by atoms with van der Waals surface area (Å²) in [7, 11) is 0. The van der Waals surface area contributed by atoms with Gasteiger partial charge < -0.3 is 16.2 Å². The van der Waals surface area contributed by atoms with Crippen molar-refractivity contribution in [2.24, 2.45) is 0 Å². The second-order valence-corrected chi connectivity index (χ2v) is 4.16. The van der Waals surface area contributed by atoms with Crippen molar-refractivity contribution in [1.29, 1.82) is 0 Å². The molecule has 0 saturated carbocycles. The summed E-state index contributed by atoms with van der Waals surface area (Å²) >= 11 is 0. The van der Waals surface area contributed by atoms with Crippen LogP contribution in [-0.2, 0) is 4.79 Å². The number of hydrogen-bond donors (Lipinski definition) is 2. The molecule has 4 nitrogen and oxygen atoms in total. The zero-order valence-corrected chi connectivity index (χ0v) is 10.1. The lowest BCUT2D eigenvalue weighted by atomic mass is 10.1. The third-order valence-electron chi connectivity index (χ3n) is 2.54. The van der Waals surface area contributed by atoms with Gasteiger partial charge in [-0.1, -0.05) is 12.6 Å². The van der Waals surface area contributed by atoms with Crippen LogP contribution < -0.4 is 16.2 Å². The van der Waals surface area contributed by atoms with Gasteiger partial charge in [-0.15, -0.1) is 0 Å². The highest BCUT2D eigenvalue weighted by Crippen LogP contribution is 2.28. The van der Waals surface area contributed by atoms with Gasteiger partial charge in [0, 0.05) is 22.3 Å². The lowest BCUT2D eigenvalue weighted by Gasteiger charge is -2.08. The van der Waals surface area contributed by atoms with E-state index in [1.807, 2.05) is 12.1 Å². The van der Waals surface area contributed by atoms with Crippen LogP contribution in [0.5, 0.6) is 5.75 Å². The molecule has 0 fully saturated rings. The Morgan fingerprint density at radius 2 is 1.94 bits per heavy atom. The Bertz CT molecular complexity index is 648. The van der Waals surface area contributed by atoms with E-state index in [9.17, 15) is 4.79 Å². The summed E-state index contributed by atoms with van der Waals surface area (Å²) in [4.78, 5) is 11.4. The van der Waals surface area contributed by atoms with Crippen LogP contribution in [0.4, 0.5) is 11.4 Å². The SMILES string of the molecule is C=C(C)C(=O)Oc1ccc2cc(N)cc(N)c2c1. The van der Waals surface area contributed by atoms with Gasteiger partial charge in [0.1, 0.15) is 5.75 Å². The van der Waals surface area contributed by atoms with Gasteiger partial charge in [-0.25, -0.2) is 4.79 Å². The molecule has 0 aliphatic carbocycles. The monoisotopic (exact) mass is 242 g/mol. The van der Waals surface area contributed by atoms with Crippen LogP contribution in [0.3, 0.4) is 0 Å². The lowest BCUT2D eigenvalue weighted by Crippen LogP contribution is -2.08. The van der Waals surface area contributed by atoms with Gasteiger partial charge >= 0.3 is 5.97 Å². The molecule has 0 aliphatic heterocycles. The number of hydrogen-bond acceptors (Lipinski definition) is 4. The number of rotatable bonds is 2. The summed E-state index contributed by atoms with van der Waals surface area (Å²) < 4.78 is 5.14. The Morgan fingerprint density at radius 3 is 2.61 bits per heavy atom. The summed E-state index contributed by atoms with van der Waals surface area (Å²) in [6.45, 7) is 5.12. The highest BCUT2D eigenvalue weighted by atomic mass is 16.5. The van der Waals surface area contributed by atoms with E-state index in [4.69, 9.17) is 16.2 Å². The second kappa shape index (κ2) is 4.41. The Kier molecular flexibility index (Phi) is 2.93. The maximum Gasteiger partial charge on any atom is 0.338 e. The maximum absolute atomic E-state index is 11.4. The van der Waals surface area contributed by atoms with Crippen LogP contribution in [0.2, 0.25) is 0 Å². The number of carbonyl (C=O) groups excluding carboxylic acids is 1. The van der Waals surface area contributed by atoms with Gasteiger partial charge in [-0.05, 0) is 36.6 Å². The normalized spacial score (nSPS) is 10.3. The number of esters is 1. The minimum absolute atomic E-state index is 0.348. The first-order valence-electron chi connectivity index (χ1n) is 5.44. The molecule has 0 bridgehead atoms. The van der Waals surface area contributed by atoms with Gasteiger partial charge in [0.15, 0.2) is 0 Å². The fourth-order valence-electron chi connectivity index (χ4n) is 1.65. The van der Waals surface area contributed by atoms with Crippen LogP contribution in [0, 0.1) is 0 Å². The minimum Gasteiger partial charge on any atom is -0.423 e. The molecule has 2 aromatic carbocycles. The number of ether oxygens (including phenoxy) is 1. The third-order valence-corrected chi connectivity index (χ3v) is 2.54. The van der Waals surface area contributed by atoms with E-state index in [1.165, 1.54) is 0 Å². The van der Waals surface area contributed by atoms with Gasteiger partial charge in [-0.2, -0.15) is 0 Å². The maximum atomic E-state index is 11.4. The number of fused-ring (bicyclic) bond motifs is 1. The summed E-state index contributed by atoms with van der Waals surface area (Å²) in [6.07, 6.45) is 0. The van der Waals surface area contributed by atoms with Crippen LogP contribution in [0.1, 0.15) is 6.92 Å². The molecule has 0 heterocycles. The highest BCUT2D eigenvalue weighted by molar-refractivity contribution is 5.97. The van der Waals surface area contributed by atoms with E-state index in [0.717, 1.165) is 10.8 Å². The predicted molar refractivity (Wildman–Crippen MR) is 73.2 cm³/mol. The van der Waals surface area contributed by atoms with Gasteiger partial charge in [-0.3, -0.25) is 0 Å². The summed E-state index contributed by atoms with van der Waals surface area (Å²) in [5, 5.41) is 1.71. The van der Waals surface area contributed by atoms with Crippen molar-refractivity contribution in [2.75, 3.05) is 11.5 Å². The van der Waals surface area contributed by atoms with Crippen molar-refractivity contribution in [2.45, 2.75) is 6.92 Å². The first kappa shape index (κ1) is 12.0. The van der Waals surface area contributed by atoms with E-state index < -0.39 is 5.97 Å². The van der Waals surface area contributed by atoms with E-state index in [-0.39, 0.29) is 0 Å². The zero-order chi connectivity index (χ0) is 13.3. The molecular weight excluding hydrogens is 228 g/mol. The van der Waals surface area contributed by atoms with Crippen molar-refractivity contribution in [3.05, 3.63) is 42.5 Å². The van der Waals surface area contributed by atoms with Gasteiger partial charge in [0.05, 0.1) is 0 Å². The average molecular weight is 242 g/mol. The minimum atomic E-state index is -0.455. The fourth-order valence-corrected chi connectivity index (χ4v) is 1.65. The molecule has 0 spiro atoms. The number of nitrogens with two attached hydrogens (primary N) is 2. The topological polar surface area (TPSA) is 78.3 Å². The number of benzene rings is 2. The Morgan fingerprint density at radius 1 is 1.22 bits per heavy atom. The third kappa shape index (κ3) is 2.27. The average Bonchev–Trinajstić information content (AvgIpc) is 2.29. The van der Waals surface area contributed by atoms with Crippen molar-refractivity contribution in [3.63, 3.8) is 0 Å². The van der Waals surface area contributed by atoms with Crippen molar-refractivity contribution in [3.8, 4) is 5.75 Å². The summed E-state index contributed by atoms with van der Waals surface area (Å²) in [5.74, 6) is -0.0182. The van der Waals surface area contributed by atoms with E-state index in [1.54, 1.807) is 25.1 Å². The Labute approximate surface area is 105 Å². The fraction of sp³-hybridized carbons (Fsp3) is 0.0714.